The van der Waals surface area contributed by atoms with Crippen molar-refractivity contribution in [2.75, 3.05) is 0 Å². The van der Waals surface area contributed by atoms with E-state index >= 15 is 0 Å². The second-order valence-electron chi connectivity index (χ2n) is 5.86. The Morgan fingerprint density at radius 2 is 1.58 bits per heavy atom. The number of esters is 1. The van der Waals surface area contributed by atoms with Gasteiger partial charge in [0.1, 0.15) is 0 Å². The highest BCUT2D eigenvalue weighted by atomic mass is 16.7. The highest BCUT2D eigenvalue weighted by Gasteiger charge is 2.13. The molecule has 0 saturated heterocycles. The van der Waals surface area contributed by atoms with E-state index in [4.69, 9.17) is 9.47 Å². The van der Waals surface area contributed by atoms with Crippen molar-refractivity contribution >= 4 is 27.5 Å². The van der Waals surface area contributed by atoms with E-state index in [1.165, 1.54) is 10.8 Å². The van der Waals surface area contributed by atoms with Crippen LogP contribution in [0.3, 0.4) is 0 Å². The van der Waals surface area contributed by atoms with E-state index in [0.29, 0.717) is 12.2 Å². The van der Waals surface area contributed by atoms with Gasteiger partial charge in [0, 0.05) is 5.57 Å². The standard InChI is InChI=1S/C21H20O3/c1-14(2)21(22)24-15(3)23-13-20-18-10-6-4-8-16(18)12-17-9-5-7-11-19(17)20/h4-12,15H,1,13H2,2-3H3. The van der Waals surface area contributed by atoms with Crippen LogP contribution in [0, 0.1) is 0 Å². The second kappa shape index (κ2) is 6.85. The fourth-order valence-electron chi connectivity index (χ4n) is 2.75. The monoisotopic (exact) mass is 320 g/mol. The molecule has 0 aliphatic heterocycles. The summed E-state index contributed by atoms with van der Waals surface area (Å²) in [4.78, 5) is 11.6. The molecular formula is C21H20O3. The lowest BCUT2D eigenvalue weighted by atomic mass is 9.97. The molecule has 0 amide bonds. The number of hydrogen-bond acceptors (Lipinski definition) is 3. The Bertz CT molecular complexity index is 857. The van der Waals surface area contributed by atoms with Crippen molar-refractivity contribution in [3.05, 3.63) is 72.3 Å². The summed E-state index contributed by atoms with van der Waals surface area (Å²) in [6.45, 7) is 7.28. The quantitative estimate of drug-likeness (QED) is 0.288. The summed E-state index contributed by atoms with van der Waals surface area (Å²) in [6.07, 6.45) is -0.632. The van der Waals surface area contributed by atoms with Crippen LogP contribution in [0.5, 0.6) is 0 Å². The van der Waals surface area contributed by atoms with Gasteiger partial charge < -0.3 is 9.47 Å². The molecule has 0 aliphatic carbocycles. The van der Waals surface area contributed by atoms with E-state index in [9.17, 15) is 4.79 Å². The third-order valence-electron chi connectivity index (χ3n) is 3.97. The van der Waals surface area contributed by atoms with Crippen LogP contribution in [0.25, 0.3) is 21.5 Å². The van der Waals surface area contributed by atoms with Crippen LogP contribution in [0.2, 0.25) is 0 Å². The van der Waals surface area contributed by atoms with E-state index in [-0.39, 0.29) is 0 Å². The molecule has 0 aliphatic rings. The number of fused-ring (bicyclic) bond motifs is 2. The van der Waals surface area contributed by atoms with Gasteiger partial charge in [-0.2, -0.15) is 0 Å². The Balaban J connectivity index is 1.92. The Labute approximate surface area is 141 Å². The van der Waals surface area contributed by atoms with Gasteiger partial charge in [-0.1, -0.05) is 55.1 Å². The molecule has 3 aromatic rings. The summed E-state index contributed by atoms with van der Waals surface area (Å²) in [5.41, 5.74) is 1.46. The lowest BCUT2D eigenvalue weighted by molar-refractivity contribution is -0.172. The number of rotatable bonds is 5. The maximum absolute atomic E-state index is 11.6. The lowest BCUT2D eigenvalue weighted by Gasteiger charge is -2.16. The first-order chi connectivity index (χ1) is 11.6. The van der Waals surface area contributed by atoms with Gasteiger partial charge in [-0.15, -0.1) is 0 Å². The van der Waals surface area contributed by atoms with Crippen molar-refractivity contribution in [1.82, 2.24) is 0 Å². The minimum Gasteiger partial charge on any atom is -0.433 e. The molecule has 0 radical (unpaired) electrons. The molecule has 0 saturated carbocycles. The molecule has 0 bridgehead atoms. The summed E-state index contributed by atoms with van der Waals surface area (Å²) >= 11 is 0. The molecule has 0 heterocycles. The largest absolute Gasteiger partial charge is 0.433 e. The number of carbonyl (C=O) groups is 1. The normalized spacial score (nSPS) is 12.2. The number of benzene rings is 3. The van der Waals surface area contributed by atoms with Crippen LogP contribution < -0.4 is 0 Å². The highest BCUT2D eigenvalue weighted by molar-refractivity contribution is 6.02. The van der Waals surface area contributed by atoms with Gasteiger partial charge in [0.25, 0.3) is 0 Å². The molecule has 24 heavy (non-hydrogen) atoms. The summed E-state index contributed by atoms with van der Waals surface area (Å²) < 4.78 is 11.0. The minimum absolute atomic E-state index is 0.362. The summed E-state index contributed by atoms with van der Waals surface area (Å²) in [7, 11) is 0. The first kappa shape index (κ1) is 16.2. The van der Waals surface area contributed by atoms with Crippen LogP contribution in [0.4, 0.5) is 0 Å². The van der Waals surface area contributed by atoms with E-state index in [1.807, 2.05) is 24.3 Å². The Morgan fingerprint density at radius 1 is 1.04 bits per heavy atom. The maximum atomic E-state index is 11.6. The SMILES string of the molecule is C=C(C)C(=O)OC(C)OCc1c2ccccc2cc2ccccc12. The van der Waals surface area contributed by atoms with Gasteiger partial charge in [0.05, 0.1) is 6.61 Å². The smallest absolute Gasteiger partial charge is 0.335 e. The Kier molecular flexibility index (Phi) is 4.63. The van der Waals surface area contributed by atoms with Gasteiger partial charge in [-0.05, 0) is 47.0 Å². The maximum Gasteiger partial charge on any atom is 0.335 e. The average molecular weight is 320 g/mol. The van der Waals surface area contributed by atoms with Crippen LogP contribution in [0.15, 0.2) is 66.7 Å². The van der Waals surface area contributed by atoms with E-state index in [2.05, 4.69) is 36.9 Å². The topological polar surface area (TPSA) is 35.5 Å². The molecule has 0 aromatic heterocycles. The third-order valence-corrected chi connectivity index (χ3v) is 3.97. The first-order valence-corrected chi connectivity index (χ1v) is 7.93. The van der Waals surface area contributed by atoms with Crippen molar-refractivity contribution in [1.29, 1.82) is 0 Å². The molecule has 1 atom stereocenters. The molecule has 1 unspecified atom stereocenters. The molecule has 3 nitrogen and oxygen atoms in total. The van der Waals surface area contributed by atoms with Crippen molar-refractivity contribution in [2.24, 2.45) is 0 Å². The van der Waals surface area contributed by atoms with Crippen LogP contribution >= 0.6 is 0 Å². The van der Waals surface area contributed by atoms with E-state index < -0.39 is 12.3 Å². The number of hydrogen-bond donors (Lipinski definition) is 0. The van der Waals surface area contributed by atoms with Crippen LogP contribution in [-0.2, 0) is 20.9 Å². The number of carbonyl (C=O) groups excluding carboxylic acids is 1. The zero-order valence-electron chi connectivity index (χ0n) is 13.9. The second-order valence-corrected chi connectivity index (χ2v) is 5.86. The molecular weight excluding hydrogens is 300 g/mol. The lowest BCUT2D eigenvalue weighted by Crippen LogP contribution is -2.18. The van der Waals surface area contributed by atoms with Crippen molar-refractivity contribution in [2.45, 2.75) is 26.7 Å². The fraction of sp³-hybridized carbons (Fsp3) is 0.190. The average Bonchev–Trinajstić information content (AvgIpc) is 2.58. The van der Waals surface area contributed by atoms with Gasteiger partial charge >= 0.3 is 5.97 Å². The van der Waals surface area contributed by atoms with Crippen LogP contribution in [0.1, 0.15) is 19.4 Å². The zero-order chi connectivity index (χ0) is 17.1. The predicted molar refractivity (Wildman–Crippen MR) is 96.6 cm³/mol. The Hall–Kier alpha value is -2.65. The van der Waals surface area contributed by atoms with E-state index in [0.717, 1.165) is 16.3 Å². The zero-order valence-corrected chi connectivity index (χ0v) is 13.9. The Morgan fingerprint density at radius 3 is 2.12 bits per heavy atom. The third kappa shape index (κ3) is 3.31. The molecule has 122 valence electrons. The summed E-state index contributed by atoms with van der Waals surface area (Å²) in [6, 6.07) is 18.6. The van der Waals surface area contributed by atoms with Crippen molar-refractivity contribution in [3.8, 4) is 0 Å². The number of ether oxygens (including phenoxy) is 2. The molecule has 0 fully saturated rings. The molecule has 0 spiro atoms. The van der Waals surface area contributed by atoms with Gasteiger partial charge in [0.15, 0.2) is 0 Å². The van der Waals surface area contributed by atoms with Crippen LogP contribution in [-0.4, -0.2) is 12.3 Å². The van der Waals surface area contributed by atoms with Gasteiger partial charge in [-0.25, -0.2) is 4.79 Å². The highest BCUT2D eigenvalue weighted by Crippen LogP contribution is 2.29. The molecule has 0 N–H and O–H groups in total. The van der Waals surface area contributed by atoms with Gasteiger partial charge in [-0.3, -0.25) is 0 Å². The molecule has 3 aromatic carbocycles. The molecule has 3 rings (SSSR count). The summed E-state index contributed by atoms with van der Waals surface area (Å²) in [5, 5.41) is 4.63. The van der Waals surface area contributed by atoms with Crippen molar-refractivity contribution < 1.29 is 14.3 Å². The minimum atomic E-state index is -0.632. The predicted octanol–water partition coefficient (Wildman–Crippen LogP) is 4.97. The van der Waals surface area contributed by atoms with Crippen molar-refractivity contribution in [3.63, 3.8) is 0 Å². The molecule has 3 heteroatoms. The summed E-state index contributed by atoms with van der Waals surface area (Å²) in [5.74, 6) is -0.440. The van der Waals surface area contributed by atoms with Gasteiger partial charge in [0.2, 0.25) is 6.29 Å². The fourth-order valence-corrected chi connectivity index (χ4v) is 2.75. The first-order valence-electron chi connectivity index (χ1n) is 7.93. The van der Waals surface area contributed by atoms with E-state index in [1.54, 1.807) is 13.8 Å².